The van der Waals surface area contributed by atoms with Crippen LogP contribution in [0.15, 0.2) is 9.59 Å². The molecule has 2 unspecified atom stereocenters. The molecule has 2 heterocycles. The predicted molar refractivity (Wildman–Crippen MR) is 52.9 cm³/mol. The molecular weight excluding hydrogens is 200 g/mol. The van der Waals surface area contributed by atoms with Crippen LogP contribution in [0, 0.1) is 0 Å². The summed E-state index contributed by atoms with van der Waals surface area (Å²) in [5.41, 5.74) is -1.13. The van der Waals surface area contributed by atoms with Crippen molar-refractivity contribution in [2.45, 2.75) is 25.5 Å². The van der Waals surface area contributed by atoms with Crippen molar-refractivity contribution in [3.05, 3.63) is 20.8 Å². The van der Waals surface area contributed by atoms with Crippen molar-refractivity contribution >= 4 is 5.82 Å². The first-order valence-electron chi connectivity index (χ1n) is 4.74. The lowest BCUT2D eigenvalue weighted by Crippen LogP contribution is -2.33. The highest BCUT2D eigenvalue weighted by molar-refractivity contribution is 5.31. The number of hydrogen-bond acceptors (Lipinski definition) is 5. The van der Waals surface area contributed by atoms with E-state index in [-0.39, 0.29) is 18.0 Å². The van der Waals surface area contributed by atoms with E-state index in [9.17, 15) is 9.59 Å². The number of hydrogen-bond donors (Lipinski definition) is 3. The van der Waals surface area contributed by atoms with Gasteiger partial charge < -0.3 is 10.1 Å². The molecule has 0 aromatic carbocycles. The van der Waals surface area contributed by atoms with Gasteiger partial charge in [0.1, 0.15) is 0 Å². The normalized spacial score (nSPS) is 25.4. The van der Waals surface area contributed by atoms with Crippen LogP contribution in [0.25, 0.3) is 0 Å². The fourth-order valence-corrected chi connectivity index (χ4v) is 1.54. The van der Waals surface area contributed by atoms with Crippen molar-refractivity contribution in [3.63, 3.8) is 0 Å². The maximum atomic E-state index is 11.3. The number of rotatable bonds is 2. The molecule has 1 saturated heterocycles. The Morgan fingerprint density at radius 3 is 2.93 bits per heavy atom. The van der Waals surface area contributed by atoms with Crippen LogP contribution in [0.4, 0.5) is 5.82 Å². The van der Waals surface area contributed by atoms with Crippen molar-refractivity contribution < 1.29 is 4.74 Å². The van der Waals surface area contributed by atoms with Gasteiger partial charge in [-0.2, -0.15) is 0 Å². The SMILES string of the molecule is CC1OCCC1Nc1n[nH]c(=O)[nH]c1=O. The molecule has 7 nitrogen and oxygen atoms in total. The molecule has 0 radical (unpaired) electrons. The zero-order chi connectivity index (χ0) is 10.8. The van der Waals surface area contributed by atoms with Crippen LogP contribution in [0.3, 0.4) is 0 Å². The summed E-state index contributed by atoms with van der Waals surface area (Å²) in [7, 11) is 0. The predicted octanol–water partition coefficient (Wildman–Crippen LogP) is -0.952. The van der Waals surface area contributed by atoms with Gasteiger partial charge in [-0.3, -0.25) is 9.78 Å². The highest BCUT2D eigenvalue weighted by Crippen LogP contribution is 2.15. The average Bonchev–Trinajstić information content (AvgIpc) is 2.57. The van der Waals surface area contributed by atoms with E-state index in [4.69, 9.17) is 4.74 Å². The topological polar surface area (TPSA) is 99.9 Å². The summed E-state index contributed by atoms with van der Waals surface area (Å²) < 4.78 is 5.33. The molecule has 0 aliphatic carbocycles. The highest BCUT2D eigenvalue weighted by Gasteiger charge is 2.25. The third-order valence-corrected chi connectivity index (χ3v) is 2.41. The van der Waals surface area contributed by atoms with E-state index in [1.54, 1.807) is 0 Å². The van der Waals surface area contributed by atoms with E-state index in [0.717, 1.165) is 6.42 Å². The van der Waals surface area contributed by atoms with Gasteiger partial charge in [0.2, 0.25) is 5.82 Å². The second kappa shape index (κ2) is 3.85. The van der Waals surface area contributed by atoms with Gasteiger partial charge >= 0.3 is 5.69 Å². The molecule has 15 heavy (non-hydrogen) atoms. The number of ether oxygens (including phenoxy) is 1. The number of anilines is 1. The van der Waals surface area contributed by atoms with E-state index < -0.39 is 11.2 Å². The van der Waals surface area contributed by atoms with Gasteiger partial charge in [0, 0.05) is 6.61 Å². The average molecular weight is 212 g/mol. The van der Waals surface area contributed by atoms with Crippen LogP contribution in [0.1, 0.15) is 13.3 Å². The van der Waals surface area contributed by atoms with Crippen molar-refractivity contribution in [2.75, 3.05) is 11.9 Å². The maximum absolute atomic E-state index is 11.3. The molecule has 1 aliphatic heterocycles. The van der Waals surface area contributed by atoms with Gasteiger partial charge in [-0.1, -0.05) is 0 Å². The molecule has 0 amide bonds. The third-order valence-electron chi connectivity index (χ3n) is 2.41. The molecule has 1 aromatic rings. The number of aromatic amines is 2. The van der Waals surface area contributed by atoms with E-state index in [1.165, 1.54) is 0 Å². The molecule has 1 aromatic heterocycles. The monoisotopic (exact) mass is 212 g/mol. The smallest absolute Gasteiger partial charge is 0.342 e. The standard InChI is InChI=1S/C8H12N4O3/c1-4-5(2-3-15-4)9-6-7(13)10-8(14)12-11-6/h4-5H,2-3H2,1H3,(H,9,11)(H2,10,12,13,14). The Morgan fingerprint density at radius 1 is 1.53 bits per heavy atom. The fraction of sp³-hybridized carbons (Fsp3) is 0.625. The van der Waals surface area contributed by atoms with Crippen molar-refractivity contribution in [3.8, 4) is 0 Å². The van der Waals surface area contributed by atoms with E-state index >= 15 is 0 Å². The van der Waals surface area contributed by atoms with Crippen molar-refractivity contribution in [2.24, 2.45) is 0 Å². The Bertz CT molecular complexity index is 452. The maximum Gasteiger partial charge on any atom is 0.342 e. The highest BCUT2D eigenvalue weighted by atomic mass is 16.5. The summed E-state index contributed by atoms with van der Waals surface area (Å²) in [6.07, 6.45) is 0.861. The molecule has 2 rings (SSSR count). The molecule has 0 spiro atoms. The van der Waals surface area contributed by atoms with E-state index in [2.05, 4.69) is 20.5 Å². The number of H-pyrrole nitrogens is 2. The zero-order valence-electron chi connectivity index (χ0n) is 8.24. The largest absolute Gasteiger partial charge is 0.376 e. The summed E-state index contributed by atoms with van der Waals surface area (Å²) in [6.45, 7) is 2.59. The van der Waals surface area contributed by atoms with Gasteiger partial charge in [-0.15, -0.1) is 5.10 Å². The summed E-state index contributed by atoms with van der Waals surface area (Å²) in [5.74, 6) is 0.122. The Morgan fingerprint density at radius 2 is 2.33 bits per heavy atom. The van der Waals surface area contributed by atoms with Crippen LogP contribution >= 0.6 is 0 Å². The first-order chi connectivity index (χ1) is 7.16. The molecule has 0 bridgehead atoms. The molecule has 1 fully saturated rings. The van der Waals surface area contributed by atoms with Gasteiger partial charge in [0.15, 0.2) is 0 Å². The minimum atomic E-state index is -0.610. The lowest BCUT2D eigenvalue weighted by atomic mass is 10.1. The minimum absolute atomic E-state index is 0.0399. The Labute approximate surface area is 84.9 Å². The van der Waals surface area contributed by atoms with Gasteiger partial charge in [0.25, 0.3) is 5.56 Å². The first kappa shape index (κ1) is 9.91. The molecule has 0 saturated carbocycles. The van der Waals surface area contributed by atoms with Gasteiger partial charge in [-0.05, 0) is 13.3 Å². The van der Waals surface area contributed by atoms with Crippen LogP contribution in [-0.2, 0) is 4.74 Å². The van der Waals surface area contributed by atoms with Gasteiger partial charge in [-0.25, -0.2) is 9.89 Å². The van der Waals surface area contributed by atoms with E-state index in [1.807, 2.05) is 6.92 Å². The van der Waals surface area contributed by atoms with Crippen LogP contribution < -0.4 is 16.6 Å². The molecule has 2 atom stereocenters. The van der Waals surface area contributed by atoms with Crippen molar-refractivity contribution in [1.82, 2.24) is 15.2 Å². The number of nitrogens with zero attached hydrogens (tertiary/aromatic N) is 1. The van der Waals surface area contributed by atoms with Crippen LogP contribution in [0.2, 0.25) is 0 Å². The minimum Gasteiger partial charge on any atom is -0.376 e. The third kappa shape index (κ3) is 2.07. The Balaban J connectivity index is 2.17. The quantitative estimate of drug-likeness (QED) is 0.586. The summed E-state index contributed by atoms with van der Waals surface area (Å²) in [6, 6.07) is 0.0597. The molecule has 1 aliphatic rings. The van der Waals surface area contributed by atoms with Crippen molar-refractivity contribution in [1.29, 1.82) is 0 Å². The molecule has 3 N–H and O–H groups in total. The molecule has 7 heteroatoms. The fourth-order valence-electron chi connectivity index (χ4n) is 1.54. The summed E-state index contributed by atoms with van der Waals surface area (Å²) >= 11 is 0. The first-order valence-corrected chi connectivity index (χ1v) is 4.74. The van der Waals surface area contributed by atoms with Gasteiger partial charge in [0.05, 0.1) is 12.1 Å². The lowest BCUT2D eigenvalue weighted by molar-refractivity contribution is 0.121. The lowest BCUT2D eigenvalue weighted by Gasteiger charge is -2.15. The van der Waals surface area contributed by atoms with Crippen LogP contribution in [-0.4, -0.2) is 33.9 Å². The second-order valence-electron chi connectivity index (χ2n) is 3.47. The Kier molecular flexibility index (Phi) is 2.55. The van der Waals surface area contributed by atoms with Crippen LogP contribution in [0.5, 0.6) is 0 Å². The second-order valence-corrected chi connectivity index (χ2v) is 3.47. The molecule has 82 valence electrons. The van der Waals surface area contributed by atoms with E-state index in [0.29, 0.717) is 6.61 Å². The molecular formula is C8H12N4O3. The summed E-state index contributed by atoms with van der Waals surface area (Å²) in [5, 5.41) is 8.73. The number of nitrogens with one attached hydrogen (secondary N) is 3. The zero-order valence-corrected chi connectivity index (χ0v) is 8.24. The summed E-state index contributed by atoms with van der Waals surface area (Å²) in [4.78, 5) is 24.1. The number of aromatic nitrogens is 3. The Hall–Kier alpha value is -1.63.